The molecule has 0 unspecified atom stereocenters. The SMILES string of the molecule is Br[Si-2](Br)(Br)(Br)(Br)Br.[Sr+2]. The summed E-state index contributed by atoms with van der Waals surface area (Å²) in [5.41, 5.74) is 0. The first kappa shape index (κ1) is 15.1. The summed E-state index contributed by atoms with van der Waals surface area (Å²) in [4.78, 5) is 0. The molecule has 0 atom stereocenters. The van der Waals surface area contributed by atoms with Crippen molar-refractivity contribution in [1.82, 2.24) is 0 Å². The minimum absolute atomic E-state index is 0. The second kappa shape index (κ2) is 3.38. The number of hydrogen-bond acceptors (Lipinski definition) is 0. The van der Waals surface area contributed by atoms with Gasteiger partial charge in [-0.3, -0.25) is 0 Å². The van der Waals surface area contributed by atoms with Crippen molar-refractivity contribution in [3.63, 3.8) is 0 Å². The Kier molecular flexibility index (Phi) is 6.37. The fourth-order valence-corrected chi connectivity index (χ4v) is 0. The maximum atomic E-state index is 3.32. The number of hydrogen-bond donors (Lipinski definition) is 0. The fraction of sp³-hybridized carbons (Fsp3) is 0. The summed E-state index contributed by atoms with van der Waals surface area (Å²) >= 11 is 19.9. The molecular weight excluding hydrogens is 595 g/mol. The van der Waals surface area contributed by atoms with Crippen molar-refractivity contribution >= 4 is 136 Å². The third-order valence-corrected chi connectivity index (χ3v) is 0. The van der Waals surface area contributed by atoms with Crippen LogP contribution >= 0.6 is 91.8 Å². The van der Waals surface area contributed by atoms with Crippen molar-refractivity contribution in [2.24, 2.45) is 0 Å². The average Bonchev–Trinajstić information content (AvgIpc) is 0.592. The van der Waals surface area contributed by atoms with Crippen LogP contribution in [0.4, 0.5) is 0 Å². The average molecular weight is 595 g/mol. The van der Waals surface area contributed by atoms with Gasteiger partial charge in [0.05, 0.1) is 0 Å². The van der Waals surface area contributed by atoms with Gasteiger partial charge in [0.15, 0.2) is 0 Å². The van der Waals surface area contributed by atoms with Gasteiger partial charge in [-0.05, 0) is 0 Å². The molecular formula is Br6SiSr. The molecule has 0 N–H and O–H groups in total. The monoisotopic (exact) mass is 589 g/mol. The Morgan fingerprint density at radius 1 is 0.625 bits per heavy atom. The van der Waals surface area contributed by atoms with Crippen molar-refractivity contribution in [2.45, 2.75) is 0 Å². The molecule has 0 nitrogen and oxygen atoms in total. The van der Waals surface area contributed by atoms with Gasteiger partial charge in [0.25, 0.3) is 0 Å². The van der Waals surface area contributed by atoms with Gasteiger partial charge >= 0.3 is 136 Å². The van der Waals surface area contributed by atoms with Crippen molar-refractivity contribution in [1.29, 1.82) is 0 Å². The minimum atomic E-state index is -2.97. The molecule has 0 aliphatic heterocycles. The first-order chi connectivity index (χ1) is 2.45. The van der Waals surface area contributed by atoms with Gasteiger partial charge < -0.3 is 0 Å². The summed E-state index contributed by atoms with van der Waals surface area (Å²) < 4.78 is -2.97. The van der Waals surface area contributed by atoms with Gasteiger partial charge in [-0.2, -0.15) is 0 Å². The molecule has 0 aromatic heterocycles. The summed E-state index contributed by atoms with van der Waals surface area (Å²) in [6.07, 6.45) is 0. The van der Waals surface area contributed by atoms with E-state index in [0.717, 1.165) is 0 Å². The summed E-state index contributed by atoms with van der Waals surface area (Å²) in [6.45, 7) is 0. The van der Waals surface area contributed by atoms with E-state index < -0.39 is -1.66 Å². The zero-order valence-corrected chi connectivity index (χ0v) is 17.5. The van der Waals surface area contributed by atoms with Gasteiger partial charge in [-0.25, -0.2) is 0 Å². The van der Waals surface area contributed by atoms with Gasteiger partial charge in [0.1, 0.15) is 0 Å². The minimum Gasteiger partial charge on any atom is 2.00 e. The van der Waals surface area contributed by atoms with Crippen LogP contribution in [0.3, 0.4) is 0 Å². The fourth-order valence-electron chi connectivity index (χ4n) is 0. The van der Waals surface area contributed by atoms with Crippen LogP contribution in [0.2, 0.25) is 0 Å². The normalized spacial score (nSPS) is 20.2. The maximum absolute atomic E-state index is 3.32. The molecule has 0 saturated carbocycles. The van der Waals surface area contributed by atoms with E-state index in [4.69, 9.17) is 0 Å². The van der Waals surface area contributed by atoms with E-state index in [9.17, 15) is 0 Å². The summed E-state index contributed by atoms with van der Waals surface area (Å²) in [6, 6.07) is 0. The molecule has 0 aromatic rings. The van der Waals surface area contributed by atoms with Gasteiger partial charge in [0, 0.05) is 0 Å². The van der Waals surface area contributed by atoms with Gasteiger partial charge in [-0.15, -0.1) is 0 Å². The molecule has 0 fully saturated rings. The molecule has 0 heterocycles. The van der Waals surface area contributed by atoms with Crippen molar-refractivity contribution < 1.29 is 0 Å². The number of halogens is 6. The molecule has 48 valence electrons. The zero-order chi connectivity index (χ0) is 6.41. The Labute approximate surface area is 132 Å². The van der Waals surface area contributed by atoms with Crippen LogP contribution in [0.5, 0.6) is 0 Å². The molecule has 0 rings (SSSR count). The summed E-state index contributed by atoms with van der Waals surface area (Å²) in [7, 11) is 0. The van der Waals surface area contributed by atoms with Gasteiger partial charge in [0.2, 0.25) is 0 Å². The predicted octanol–water partition coefficient (Wildman–Crippen LogP) is 4.31. The molecule has 8 heavy (non-hydrogen) atoms. The molecule has 8 heteroatoms. The smallest absolute Gasteiger partial charge is 2.00 e. The summed E-state index contributed by atoms with van der Waals surface area (Å²) in [5, 5.41) is 0. The van der Waals surface area contributed by atoms with Crippen molar-refractivity contribution in [3.8, 4) is 0 Å². The molecule has 0 radical (unpaired) electrons. The van der Waals surface area contributed by atoms with E-state index >= 15 is 0 Å². The Morgan fingerprint density at radius 2 is 0.625 bits per heavy atom. The Morgan fingerprint density at radius 3 is 0.625 bits per heavy atom. The van der Waals surface area contributed by atoms with E-state index in [0.29, 0.717) is 0 Å². The molecule has 0 spiro atoms. The van der Waals surface area contributed by atoms with Gasteiger partial charge in [-0.1, -0.05) is 0 Å². The van der Waals surface area contributed by atoms with Crippen molar-refractivity contribution in [2.75, 3.05) is 0 Å². The maximum Gasteiger partial charge on any atom is 2.00 e. The molecule has 0 saturated heterocycles. The van der Waals surface area contributed by atoms with Crippen LogP contribution in [0.15, 0.2) is 0 Å². The second-order valence-electron chi connectivity index (χ2n) is 1.07. The Balaban J connectivity index is 0. The first-order valence-corrected chi connectivity index (χ1v) is 17.7. The predicted molar refractivity (Wildman–Crippen MR) is 65.1 cm³/mol. The standard InChI is InChI=1S/Br6Si.Sr/c1-7(2,3,4,5)6;/q-2;+2. The van der Waals surface area contributed by atoms with E-state index in [1.54, 1.807) is 0 Å². The van der Waals surface area contributed by atoms with E-state index in [1.807, 2.05) is 0 Å². The number of rotatable bonds is 0. The largest absolute Gasteiger partial charge is 2.00 e. The molecule has 0 bridgehead atoms. The van der Waals surface area contributed by atoms with E-state index in [2.05, 4.69) is 91.8 Å². The van der Waals surface area contributed by atoms with Crippen LogP contribution in [0, 0.1) is 0 Å². The molecule has 0 aliphatic rings. The Bertz CT molecular complexity index is 67.1. The second-order valence-corrected chi connectivity index (χ2v) is 86.8. The molecule has 0 aromatic carbocycles. The van der Waals surface area contributed by atoms with E-state index in [1.165, 1.54) is 0 Å². The van der Waals surface area contributed by atoms with Crippen LogP contribution in [-0.4, -0.2) is 43.8 Å². The van der Waals surface area contributed by atoms with Crippen LogP contribution in [0.25, 0.3) is 0 Å². The van der Waals surface area contributed by atoms with Crippen LogP contribution in [-0.2, 0) is 0 Å². The van der Waals surface area contributed by atoms with Crippen molar-refractivity contribution in [3.05, 3.63) is 0 Å². The molecule has 0 amide bonds. The third kappa shape index (κ3) is 46.3. The first-order valence-electron chi connectivity index (χ1n) is 1.13. The van der Waals surface area contributed by atoms with Crippen LogP contribution < -0.4 is 0 Å². The zero-order valence-electron chi connectivity index (χ0n) is 3.47. The van der Waals surface area contributed by atoms with E-state index in [-0.39, 0.29) is 45.5 Å². The third-order valence-electron chi connectivity index (χ3n) is 0. The van der Waals surface area contributed by atoms with Crippen LogP contribution in [0.1, 0.15) is 0 Å². The quantitative estimate of drug-likeness (QED) is 0.290. The topological polar surface area (TPSA) is 0 Å². The summed E-state index contributed by atoms with van der Waals surface area (Å²) in [5.74, 6) is 0. The molecule has 0 aliphatic carbocycles. The Hall–Kier alpha value is 4.58.